The molecule has 132 valence electrons. The Morgan fingerprint density at radius 2 is 1.88 bits per heavy atom. The van der Waals surface area contributed by atoms with Crippen molar-refractivity contribution in [1.82, 2.24) is 9.78 Å². The van der Waals surface area contributed by atoms with E-state index < -0.39 is 0 Å². The second-order valence-corrected chi connectivity index (χ2v) is 6.99. The zero-order chi connectivity index (χ0) is 18.7. The molecule has 0 saturated carbocycles. The molecule has 5 nitrogen and oxygen atoms in total. The number of carbonyl (C=O) groups excluding carboxylic acids is 1. The number of halogens is 1. The zero-order valence-corrected chi connectivity index (χ0v) is 16.1. The smallest absolute Gasteiger partial charge is 0.267 e. The Morgan fingerprint density at radius 1 is 1.08 bits per heavy atom. The molecule has 26 heavy (non-hydrogen) atoms. The molecule has 0 fully saturated rings. The fourth-order valence-corrected chi connectivity index (χ4v) is 2.92. The number of aryl methyl sites for hydroxylation is 2. The molecule has 1 heterocycles. The van der Waals surface area contributed by atoms with E-state index >= 15 is 0 Å². The molecule has 0 radical (unpaired) electrons. The van der Waals surface area contributed by atoms with Crippen molar-refractivity contribution < 1.29 is 4.79 Å². The van der Waals surface area contributed by atoms with Crippen LogP contribution in [0, 0.1) is 13.8 Å². The van der Waals surface area contributed by atoms with Crippen molar-refractivity contribution in [3.63, 3.8) is 0 Å². The van der Waals surface area contributed by atoms with Gasteiger partial charge in [0.2, 0.25) is 5.91 Å². The lowest BCUT2D eigenvalue weighted by atomic mass is 10.0. The van der Waals surface area contributed by atoms with Gasteiger partial charge < -0.3 is 5.32 Å². The summed E-state index contributed by atoms with van der Waals surface area (Å²) in [5.74, 6) is -0.310. The van der Waals surface area contributed by atoms with E-state index in [1.54, 1.807) is 18.2 Å². The van der Waals surface area contributed by atoms with Crippen LogP contribution < -0.4 is 10.9 Å². The lowest BCUT2D eigenvalue weighted by Crippen LogP contribution is -2.29. The molecule has 1 aromatic heterocycles. The van der Waals surface area contributed by atoms with Crippen molar-refractivity contribution in [2.75, 3.05) is 5.32 Å². The van der Waals surface area contributed by atoms with Crippen LogP contribution in [0.3, 0.4) is 0 Å². The molecule has 0 unspecified atom stereocenters. The normalized spacial score (nSPS) is 10.6. The van der Waals surface area contributed by atoms with Gasteiger partial charge in [-0.3, -0.25) is 9.59 Å². The first-order valence-corrected chi connectivity index (χ1v) is 8.93. The summed E-state index contributed by atoms with van der Waals surface area (Å²) < 4.78 is 2.04. The largest absolute Gasteiger partial charge is 0.324 e. The highest BCUT2D eigenvalue weighted by atomic mass is 79.9. The molecule has 3 aromatic rings. The van der Waals surface area contributed by atoms with Crippen LogP contribution in [0.5, 0.6) is 0 Å². The number of nitrogens with one attached hydrogen (secondary N) is 1. The third-order valence-corrected chi connectivity index (χ3v) is 4.56. The Hall–Kier alpha value is -2.73. The summed E-state index contributed by atoms with van der Waals surface area (Å²) in [5.41, 5.74) is 4.24. The molecule has 0 bridgehead atoms. The van der Waals surface area contributed by atoms with E-state index in [1.165, 1.54) is 16.3 Å². The maximum Gasteiger partial charge on any atom is 0.267 e. The fourth-order valence-electron chi connectivity index (χ4n) is 2.52. The van der Waals surface area contributed by atoms with Crippen molar-refractivity contribution in [2.24, 2.45) is 0 Å². The van der Waals surface area contributed by atoms with E-state index in [0.717, 1.165) is 15.6 Å². The molecular formula is C20H18BrN3O2. The number of rotatable bonds is 4. The summed E-state index contributed by atoms with van der Waals surface area (Å²) in [6.45, 7) is 3.92. The molecule has 0 aliphatic heterocycles. The number of anilines is 1. The van der Waals surface area contributed by atoms with E-state index in [9.17, 15) is 9.59 Å². The van der Waals surface area contributed by atoms with Crippen molar-refractivity contribution in [3.05, 3.63) is 80.6 Å². The quantitative estimate of drug-likeness (QED) is 0.707. The highest BCUT2D eigenvalue weighted by Crippen LogP contribution is 2.19. The molecule has 0 atom stereocenters. The van der Waals surface area contributed by atoms with Crippen LogP contribution in [0.25, 0.3) is 11.3 Å². The molecule has 2 aromatic carbocycles. The Kier molecular flexibility index (Phi) is 5.32. The zero-order valence-electron chi connectivity index (χ0n) is 14.5. The minimum Gasteiger partial charge on any atom is -0.324 e. The SMILES string of the molecule is Cc1ccc(-c2ccc(=O)n(CC(=O)Nc3cccc(Br)c3)n2)cc1C. The first kappa shape index (κ1) is 18.1. The van der Waals surface area contributed by atoms with Crippen molar-refractivity contribution in [2.45, 2.75) is 20.4 Å². The lowest BCUT2D eigenvalue weighted by molar-refractivity contribution is -0.117. The molecular weight excluding hydrogens is 394 g/mol. The third kappa shape index (κ3) is 4.26. The first-order chi connectivity index (χ1) is 12.4. The molecule has 3 rings (SSSR count). The monoisotopic (exact) mass is 411 g/mol. The summed E-state index contributed by atoms with van der Waals surface area (Å²) in [7, 11) is 0. The number of hydrogen-bond acceptors (Lipinski definition) is 3. The van der Waals surface area contributed by atoms with Gasteiger partial charge in [-0.25, -0.2) is 4.68 Å². The predicted molar refractivity (Wildman–Crippen MR) is 106 cm³/mol. The number of nitrogens with zero attached hydrogens (tertiary/aromatic N) is 2. The highest BCUT2D eigenvalue weighted by molar-refractivity contribution is 9.10. The Labute approximate surface area is 159 Å². The van der Waals surface area contributed by atoms with Crippen LogP contribution in [0.15, 0.2) is 63.9 Å². The van der Waals surface area contributed by atoms with Crippen LogP contribution in [-0.4, -0.2) is 15.7 Å². The van der Waals surface area contributed by atoms with Crippen molar-refractivity contribution in [1.29, 1.82) is 0 Å². The minimum absolute atomic E-state index is 0.149. The fraction of sp³-hybridized carbons (Fsp3) is 0.150. The van der Waals surface area contributed by atoms with E-state index in [1.807, 2.05) is 44.2 Å². The number of carbonyl (C=O) groups is 1. The van der Waals surface area contributed by atoms with Crippen LogP contribution in [-0.2, 0) is 11.3 Å². The standard InChI is InChI=1S/C20H18BrN3O2/c1-13-6-7-15(10-14(13)2)18-8-9-20(26)24(23-18)12-19(25)22-17-5-3-4-16(21)11-17/h3-11H,12H2,1-2H3,(H,22,25). The number of benzene rings is 2. The first-order valence-electron chi connectivity index (χ1n) is 8.13. The van der Waals surface area contributed by atoms with Crippen LogP contribution >= 0.6 is 15.9 Å². The molecule has 0 aliphatic rings. The molecule has 6 heteroatoms. The van der Waals surface area contributed by atoms with Gasteiger partial charge in [0.1, 0.15) is 6.54 Å². The Morgan fingerprint density at radius 3 is 2.62 bits per heavy atom. The van der Waals surface area contributed by atoms with Gasteiger partial charge in [0.25, 0.3) is 5.56 Å². The second kappa shape index (κ2) is 7.66. The van der Waals surface area contributed by atoms with Gasteiger partial charge in [0, 0.05) is 21.8 Å². The summed E-state index contributed by atoms with van der Waals surface area (Å²) in [6.07, 6.45) is 0. The molecule has 0 saturated heterocycles. The van der Waals surface area contributed by atoms with Crippen LogP contribution in [0.4, 0.5) is 5.69 Å². The molecule has 0 spiro atoms. The van der Waals surface area contributed by atoms with Gasteiger partial charge in [-0.1, -0.05) is 34.1 Å². The van der Waals surface area contributed by atoms with Gasteiger partial charge in [-0.2, -0.15) is 5.10 Å². The van der Waals surface area contributed by atoms with Gasteiger partial charge in [-0.15, -0.1) is 0 Å². The summed E-state index contributed by atoms with van der Waals surface area (Å²) in [4.78, 5) is 24.3. The van der Waals surface area contributed by atoms with E-state index in [4.69, 9.17) is 0 Å². The lowest BCUT2D eigenvalue weighted by Gasteiger charge is -2.09. The minimum atomic E-state index is -0.318. The van der Waals surface area contributed by atoms with Crippen molar-refractivity contribution in [3.8, 4) is 11.3 Å². The predicted octanol–water partition coefficient (Wildman–Crippen LogP) is 3.93. The summed E-state index contributed by atoms with van der Waals surface area (Å²) in [5, 5.41) is 7.11. The average Bonchev–Trinajstić information content (AvgIpc) is 2.59. The Bertz CT molecular complexity index is 1030. The average molecular weight is 412 g/mol. The highest BCUT2D eigenvalue weighted by Gasteiger charge is 2.09. The van der Waals surface area contributed by atoms with Crippen molar-refractivity contribution >= 4 is 27.5 Å². The maximum absolute atomic E-state index is 12.3. The van der Waals surface area contributed by atoms with Gasteiger partial charge in [0.05, 0.1) is 5.69 Å². The van der Waals surface area contributed by atoms with Gasteiger partial charge in [0.15, 0.2) is 0 Å². The van der Waals surface area contributed by atoms with Gasteiger partial charge in [-0.05, 0) is 55.3 Å². The van der Waals surface area contributed by atoms with Crippen LogP contribution in [0.2, 0.25) is 0 Å². The van der Waals surface area contributed by atoms with Gasteiger partial charge >= 0.3 is 0 Å². The molecule has 1 N–H and O–H groups in total. The van der Waals surface area contributed by atoms with E-state index in [0.29, 0.717) is 11.4 Å². The van der Waals surface area contributed by atoms with E-state index in [-0.39, 0.29) is 18.0 Å². The number of aromatic nitrogens is 2. The molecule has 0 aliphatic carbocycles. The number of amides is 1. The molecule has 1 amide bonds. The second-order valence-electron chi connectivity index (χ2n) is 6.07. The summed E-state index contributed by atoms with van der Waals surface area (Å²) in [6, 6.07) is 16.4. The third-order valence-electron chi connectivity index (χ3n) is 4.07. The maximum atomic E-state index is 12.3. The topological polar surface area (TPSA) is 64.0 Å². The van der Waals surface area contributed by atoms with E-state index in [2.05, 4.69) is 26.3 Å². The number of hydrogen-bond donors (Lipinski definition) is 1. The summed E-state index contributed by atoms with van der Waals surface area (Å²) >= 11 is 3.36. The Balaban J connectivity index is 1.82. The van der Waals surface area contributed by atoms with Crippen LogP contribution in [0.1, 0.15) is 11.1 Å².